The van der Waals surface area contributed by atoms with Gasteiger partial charge in [0.25, 0.3) is 5.91 Å². The van der Waals surface area contributed by atoms with Gasteiger partial charge in [0, 0.05) is 6.20 Å². The molecule has 1 aromatic heterocycles. The second-order valence-corrected chi connectivity index (χ2v) is 6.08. The zero-order valence-corrected chi connectivity index (χ0v) is 13.9. The predicted molar refractivity (Wildman–Crippen MR) is 91.6 cm³/mol. The number of carbonyl (C=O) groups is 3. The molecule has 1 fully saturated rings. The van der Waals surface area contributed by atoms with E-state index in [4.69, 9.17) is 0 Å². The Kier molecular flexibility index (Phi) is 4.22. The van der Waals surface area contributed by atoms with Crippen molar-refractivity contribution >= 4 is 23.7 Å². The van der Waals surface area contributed by atoms with E-state index in [1.54, 1.807) is 49.5 Å². The standard InChI is InChI=1S/C18H18N4O3/c1-12-8-9-19-14(10-12)20-15(23)11-22-16(24)18(2,21-17(22)25)13-6-4-3-5-7-13/h3-10H,11H2,1-2H3,(H,21,25)(H,19,20,23). The van der Waals surface area contributed by atoms with Gasteiger partial charge in [0.05, 0.1) is 0 Å². The van der Waals surface area contributed by atoms with Crippen LogP contribution in [0.1, 0.15) is 18.1 Å². The summed E-state index contributed by atoms with van der Waals surface area (Å²) >= 11 is 0. The minimum Gasteiger partial charge on any atom is -0.319 e. The van der Waals surface area contributed by atoms with Crippen LogP contribution in [-0.4, -0.2) is 34.3 Å². The lowest BCUT2D eigenvalue weighted by atomic mass is 9.92. The van der Waals surface area contributed by atoms with Gasteiger partial charge in [0.2, 0.25) is 5.91 Å². The molecule has 128 valence electrons. The maximum Gasteiger partial charge on any atom is 0.325 e. The van der Waals surface area contributed by atoms with E-state index in [9.17, 15) is 14.4 Å². The molecule has 2 aromatic rings. The molecule has 7 nitrogen and oxygen atoms in total. The average Bonchev–Trinajstić information content (AvgIpc) is 2.80. The second-order valence-electron chi connectivity index (χ2n) is 6.08. The third-order valence-electron chi connectivity index (χ3n) is 4.11. The number of nitrogens with zero attached hydrogens (tertiary/aromatic N) is 2. The van der Waals surface area contributed by atoms with Gasteiger partial charge in [0.1, 0.15) is 17.9 Å². The lowest BCUT2D eigenvalue weighted by molar-refractivity contribution is -0.133. The number of urea groups is 1. The van der Waals surface area contributed by atoms with Crippen LogP contribution in [0.25, 0.3) is 0 Å². The molecular weight excluding hydrogens is 320 g/mol. The quantitative estimate of drug-likeness (QED) is 0.832. The number of benzene rings is 1. The van der Waals surface area contributed by atoms with Crippen LogP contribution in [0.3, 0.4) is 0 Å². The molecule has 1 atom stereocenters. The molecular formula is C18H18N4O3. The fraction of sp³-hybridized carbons (Fsp3) is 0.222. The number of amides is 4. The first kappa shape index (κ1) is 16.6. The van der Waals surface area contributed by atoms with Crippen LogP contribution in [0, 0.1) is 6.92 Å². The monoisotopic (exact) mass is 338 g/mol. The van der Waals surface area contributed by atoms with E-state index in [1.807, 2.05) is 13.0 Å². The van der Waals surface area contributed by atoms with Crippen LogP contribution in [0.5, 0.6) is 0 Å². The highest BCUT2D eigenvalue weighted by Gasteiger charge is 2.49. The van der Waals surface area contributed by atoms with Gasteiger partial charge in [-0.2, -0.15) is 0 Å². The number of carbonyl (C=O) groups excluding carboxylic acids is 3. The maximum atomic E-state index is 12.7. The summed E-state index contributed by atoms with van der Waals surface area (Å²) in [5.74, 6) is -0.571. The highest BCUT2D eigenvalue weighted by atomic mass is 16.2. The number of aryl methyl sites for hydroxylation is 1. The average molecular weight is 338 g/mol. The predicted octanol–water partition coefficient (Wildman–Crippen LogP) is 1.80. The molecule has 0 saturated carbocycles. The summed E-state index contributed by atoms with van der Waals surface area (Å²) in [5.41, 5.74) is 0.425. The molecule has 1 saturated heterocycles. The Morgan fingerprint density at radius 1 is 1.24 bits per heavy atom. The van der Waals surface area contributed by atoms with Crippen molar-refractivity contribution < 1.29 is 14.4 Å². The SMILES string of the molecule is Cc1ccnc(NC(=O)CN2C(=O)NC(C)(c3ccccc3)C2=O)c1. The molecule has 0 bridgehead atoms. The van der Waals surface area contributed by atoms with E-state index < -0.39 is 23.4 Å². The Bertz CT molecular complexity index is 837. The number of imide groups is 1. The highest BCUT2D eigenvalue weighted by Crippen LogP contribution is 2.28. The lowest BCUT2D eigenvalue weighted by Gasteiger charge is -2.22. The molecule has 25 heavy (non-hydrogen) atoms. The third kappa shape index (κ3) is 3.21. The third-order valence-corrected chi connectivity index (χ3v) is 4.11. The summed E-state index contributed by atoms with van der Waals surface area (Å²) in [6, 6.07) is 11.8. The van der Waals surface area contributed by atoms with Crippen LogP contribution in [0.4, 0.5) is 10.6 Å². The number of hydrogen-bond donors (Lipinski definition) is 2. The number of rotatable bonds is 4. The summed E-state index contributed by atoms with van der Waals surface area (Å²) in [5, 5.41) is 5.26. The van der Waals surface area contributed by atoms with Crippen molar-refractivity contribution in [1.29, 1.82) is 0 Å². The Morgan fingerprint density at radius 2 is 1.96 bits per heavy atom. The Hall–Kier alpha value is -3.22. The molecule has 3 rings (SSSR count). The number of anilines is 1. The van der Waals surface area contributed by atoms with E-state index >= 15 is 0 Å². The first-order valence-electron chi connectivity index (χ1n) is 7.82. The van der Waals surface area contributed by atoms with Crippen molar-refractivity contribution in [3.63, 3.8) is 0 Å². The first-order valence-corrected chi connectivity index (χ1v) is 7.82. The van der Waals surface area contributed by atoms with Crippen LogP contribution >= 0.6 is 0 Å². The second kappa shape index (κ2) is 6.35. The molecule has 2 heterocycles. The van der Waals surface area contributed by atoms with Crippen molar-refractivity contribution in [3.05, 3.63) is 59.8 Å². The van der Waals surface area contributed by atoms with Crippen LogP contribution < -0.4 is 10.6 Å². The summed E-state index contributed by atoms with van der Waals surface area (Å²) in [6.45, 7) is 3.13. The first-order chi connectivity index (χ1) is 11.9. The Labute approximate surface area is 145 Å². The van der Waals surface area contributed by atoms with E-state index in [-0.39, 0.29) is 6.54 Å². The van der Waals surface area contributed by atoms with E-state index in [0.717, 1.165) is 10.5 Å². The van der Waals surface area contributed by atoms with E-state index in [1.165, 1.54) is 0 Å². The molecule has 1 aliphatic heterocycles. The van der Waals surface area contributed by atoms with Crippen LogP contribution in [-0.2, 0) is 15.1 Å². The van der Waals surface area contributed by atoms with Gasteiger partial charge in [-0.15, -0.1) is 0 Å². The molecule has 0 spiro atoms. The maximum absolute atomic E-state index is 12.7. The minimum atomic E-state index is -1.18. The fourth-order valence-electron chi connectivity index (χ4n) is 2.74. The molecule has 1 aromatic carbocycles. The van der Waals surface area contributed by atoms with Crippen LogP contribution in [0.15, 0.2) is 48.7 Å². The van der Waals surface area contributed by atoms with E-state index in [0.29, 0.717) is 11.4 Å². The van der Waals surface area contributed by atoms with Gasteiger partial charge in [-0.3, -0.25) is 14.5 Å². The molecule has 0 aliphatic carbocycles. The summed E-state index contributed by atoms with van der Waals surface area (Å²) in [7, 11) is 0. The van der Waals surface area contributed by atoms with Crippen molar-refractivity contribution in [2.24, 2.45) is 0 Å². The van der Waals surface area contributed by atoms with Crippen LogP contribution in [0.2, 0.25) is 0 Å². The molecule has 1 unspecified atom stereocenters. The van der Waals surface area contributed by atoms with Gasteiger partial charge in [-0.25, -0.2) is 9.78 Å². The molecule has 2 N–H and O–H groups in total. The molecule has 4 amide bonds. The highest BCUT2D eigenvalue weighted by molar-refractivity contribution is 6.10. The Balaban J connectivity index is 1.74. The van der Waals surface area contributed by atoms with Crippen molar-refractivity contribution in [1.82, 2.24) is 15.2 Å². The topological polar surface area (TPSA) is 91.4 Å². The smallest absolute Gasteiger partial charge is 0.319 e. The fourth-order valence-corrected chi connectivity index (χ4v) is 2.74. The van der Waals surface area contributed by atoms with Gasteiger partial charge in [0.15, 0.2) is 0 Å². The Morgan fingerprint density at radius 3 is 2.64 bits per heavy atom. The summed E-state index contributed by atoms with van der Waals surface area (Å²) < 4.78 is 0. The molecule has 0 radical (unpaired) electrons. The largest absolute Gasteiger partial charge is 0.325 e. The normalized spacial score (nSPS) is 19.7. The van der Waals surface area contributed by atoms with Crippen molar-refractivity contribution in [3.8, 4) is 0 Å². The van der Waals surface area contributed by atoms with E-state index in [2.05, 4.69) is 15.6 Å². The lowest BCUT2D eigenvalue weighted by Crippen LogP contribution is -2.42. The van der Waals surface area contributed by atoms with Gasteiger partial charge in [-0.05, 0) is 37.1 Å². The van der Waals surface area contributed by atoms with Gasteiger partial charge in [-0.1, -0.05) is 30.3 Å². The number of pyridine rings is 1. The number of aromatic nitrogens is 1. The van der Waals surface area contributed by atoms with Gasteiger partial charge < -0.3 is 10.6 Å². The zero-order chi connectivity index (χ0) is 18.0. The summed E-state index contributed by atoms with van der Waals surface area (Å²) in [4.78, 5) is 42.1. The number of hydrogen-bond acceptors (Lipinski definition) is 4. The van der Waals surface area contributed by atoms with Crippen molar-refractivity contribution in [2.75, 3.05) is 11.9 Å². The zero-order valence-electron chi connectivity index (χ0n) is 13.9. The van der Waals surface area contributed by atoms with Crippen molar-refractivity contribution in [2.45, 2.75) is 19.4 Å². The molecule has 7 heteroatoms. The molecule has 1 aliphatic rings. The minimum absolute atomic E-state index is 0.372. The summed E-state index contributed by atoms with van der Waals surface area (Å²) in [6.07, 6.45) is 1.57. The number of nitrogens with one attached hydrogen (secondary N) is 2. The van der Waals surface area contributed by atoms with Gasteiger partial charge >= 0.3 is 6.03 Å².